The Bertz CT molecular complexity index is 766. The first-order chi connectivity index (χ1) is 10.2. The molecule has 0 aliphatic carbocycles. The van der Waals surface area contributed by atoms with Crippen molar-refractivity contribution in [2.24, 2.45) is 0 Å². The van der Waals surface area contributed by atoms with Gasteiger partial charge in [-0.15, -0.1) is 22.7 Å². The second-order valence-corrected chi connectivity index (χ2v) is 7.21. The van der Waals surface area contributed by atoms with Gasteiger partial charge in [0, 0.05) is 16.0 Å². The molecule has 0 aliphatic rings. The van der Waals surface area contributed by atoms with Gasteiger partial charge in [0.25, 0.3) is 0 Å². The quantitative estimate of drug-likeness (QED) is 0.694. The number of thiophene rings is 1. The van der Waals surface area contributed by atoms with Crippen molar-refractivity contribution in [3.8, 4) is 0 Å². The Balaban J connectivity index is 1.86. The molecule has 0 bridgehead atoms. The van der Waals surface area contributed by atoms with E-state index in [1.807, 2.05) is 6.20 Å². The number of hydrogen-bond donors (Lipinski definition) is 1. The molecule has 0 atom stereocenters. The highest BCUT2D eigenvalue weighted by Gasteiger charge is 2.11. The minimum atomic E-state index is 0.280. The number of aromatic nitrogens is 3. The lowest BCUT2D eigenvalue weighted by atomic mass is 10.3. The van der Waals surface area contributed by atoms with Crippen LogP contribution in [0.1, 0.15) is 28.6 Å². The molecule has 3 aromatic rings. The molecule has 0 spiro atoms. The van der Waals surface area contributed by atoms with Crippen LogP contribution in [0.4, 0.5) is 5.82 Å². The van der Waals surface area contributed by atoms with E-state index in [2.05, 4.69) is 40.2 Å². The standard InChI is InChI=1S/C14H15ClN4S2/c1-3-8-5-10-12(18-14(15)19-13(10)21-8)17-7-11-16-6-9(4-2)20-11/h5-6H,3-4,7H2,1-2H3,(H,17,18,19). The fourth-order valence-corrected chi connectivity index (χ4v) is 4.00. The fourth-order valence-electron chi connectivity index (χ4n) is 2.01. The van der Waals surface area contributed by atoms with Gasteiger partial charge in [0.1, 0.15) is 15.7 Å². The predicted octanol–water partition coefficient (Wildman–Crippen LogP) is 4.54. The number of halogens is 1. The molecule has 1 N–H and O–H groups in total. The lowest BCUT2D eigenvalue weighted by Gasteiger charge is -2.04. The van der Waals surface area contributed by atoms with E-state index in [-0.39, 0.29) is 5.28 Å². The van der Waals surface area contributed by atoms with Crippen LogP contribution < -0.4 is 5.32 Å². The van der Waals surface area contributed by atoms with Gasteiger partial charge in [-0.1, -0.05) is 13.8 Å². The van der Waals surface area contributed by atoms with Crippen LogP contribution in [0.25, 0.3) is 10.2 Å². The zero-order valence-corrected chi connectivity index (χ0v) is 14.2. The molecule has 0 aliphatic heterocycles. The summed E-state index contributed by atoms with van der Waals surface area (Å²) in [5.41, 5.74) is 0. The SMILES string of the molecule is CCc1cnc(CNc2nc(Cl)nc3sc(CC)cc23)s1. The average Bonchev–Trinajstić information content (AvgIpc) is 3.10. The number of aryl methyl sites for hydroxylation is 2. The zero-order valence-electron chi connectivity index (χ0n) is 11.8. The van der Waals surface area contributed by atoms with Crippen molar-refractivity contribution >= 4 is 50.3 Å². The number of fused-ring (bicyclic) bond motifs is 1. The number of anilines is 1. The molecular weight excluding hydrogens is 324 g/mol. The maximum atomic E-state index is 6.02. The van der Waals surface area contributed by atoms with Crippen molar-refractivity contribution in [2.45, 2.75) is 33.2 Å². The van der Waals surface area contributed by atoms with E-state index < -0.39 is 0 Å². The summed E-state index contributed by atoms with van der Waals surface area (Å²) < 4.78 is 0. The van der Waals surface area contributed by atoms with E-state index in [4.69, 9.17) is 11.6 Å². The van der Waals surface area contributed by atoms with Crippen LogP contribution in [0.2, 0.25) is 5.28 Å². The van der Waals surface area contributed by atoms with Gasteiger partial charge in [0.2, 0.25) is 5.28 Å². The van der Waals surface area contributed by atoms with E-state index >= 15 is 0 Å². The number of nitrogens with one attached hydrogen (secondary N) is 1. The van der Waals surface area contributed by atoms with E-state index in [1.54, 1.807) is 22.7 Å². The van der Waals surface area contributed by atoms with Gasteiger partial charge in [-0.3, -0.25) is 0 Å². The first kappa shape index (κ1) is 14.7. The Kier molecular flexibility index (Phi) is 4.37. The minimum absolute atomic E-state index is 0.280. The van der Waals surface area contributed by atoms with Crippen LogP contribution in [0.5, 0.6) is 0 Å². The summed E-state index contributed by atoms with van der Waals surface area (Å²) >= 11 is 9.41. The molecule has 3 heterocycles. The molecule has 0 fully saturated rings. The molecule has 0 saturated carbocycles. The van der Waals surface area contributed by atoms with Gasteiger partial charge in [0.15, 0.2) is 0 Å². The summed E-state index contributed by atoms with van der Waals surface area (Å²) in [7, 11) is 0. The molecule has 0 amide bonds. The predicted molar refractivity (Wildman–Crippen MR) is 90.6 cm³/mol. The Labute approximate surface area is 136 Å². The van der Waals surface area contributed by atoms with E-state index in [9.17, 15) is 0 Å². The molecule has 21 heavy (non-hydrogen) atoms. The van der Waals surface area contributed by atoms with Crippen LogP contribution in [0, 0.1) is 0 Å². The van der Waals surface area contributed by atoms with Crippen LogP contribution in [-0.2, 0) is 19.4 Å². The minimum Gasteiger partial charge on any atom is -0.363 e. The first-order valence-electron chi connectivity index (χ1n) is 6.83. The highest BCUT2D eigenvalue weighted by atomic mass is 35.5. The maximum Gasteiger partial charge on any atom is 0.225 e. The largest absolute Gasteiger partial charge is 0.363 e. The summed E-state index contributed by atoms with van der Waals surface area (Å²) in [6, 6.07) is 2.14. The Hall–Kier alpha value is -1.24. The molecule has 0 radical (unpaired) electrons. The Morgan fingerprint density at radius 1 is 1.14 bits per heavy atom. The van der Waals surface area contributed by atoms with Gasteiger partial charge < -0.3 is 5.32 Å². The summed E-state index contributed by atoms with van der Waals surface area (Å²) in [5, 5.41) is 5.71. The molecule has 3 aromatic heterocycles. The highest BCUT2D eigenvalue weighted by Crippen LogP contribution is 2.30. The van der Waals surface area contributed by atoms with Gasteiger partial charge in [-0.2, -0.15) is 0 Å². The van der Waals surface area contributed by atoms with Crippen molar-refractivity contribution in [3.05, 3.63) is 32.3 Å². The molecule has 0 aromatic carbocycles. The smallest absolute Gasteiger partial charge is 0.225 e. The topological polar surface area (TPSA) is 50.7 Å². The zero-order chi connectivity index (χ0) is 14.8. The van der Waals surface area contributed by atoms with Gasteiger partial charge in [-0.25, -0.2) is 15.0 Å². The lowest BCUT2D eigenvalue weighted by Crippen LogP contribution is -2.02. The number of thiazole rings is 1. The van der Waals surface area contributed by atoms with E-state index in [0.29, 0.717) is 6.54 Å². The number of nitrogens with zero attached hydrogens (tertiary/aromatic N) is 3. The fraction of sp³-hybridized carbons (Fsp3) is 0.357. The summed E-state index contributed by atoms with van der Waals surface area (Å²) in [4.78, 5) is 16.5. The normalized spacial score (nSPS) is 11.2. The van der Waals surface area contributed by atoms with Crippen molar-refractivity contribution in [2.75, 3.05) is 5.32 Å². The number of hydrogen-bond acceptors (Lipinski definition) is 6. The van der Waals surface area contributed by atoms with Crippen molar-refractivity contribution in [3.63, 3.8) is 0 Å². The van der Waals surface area contributed by atoms with Crippen LogP contribution in [0.15, 0.2) is 12.3 Å². The van der Waals surface area contributed by atoms with Crippen molar-refractivity contribution < 1.29 is 0 Å². The average molecular weight is 339 g/mol. The third-order valence-electron chi connectivity index (χ3n) is 3.12. The summed E-state index contributed by atoms with van der Waals surface area (Å²) in [6.45, 7) is 4.93. The van der Waals surface area contributed by atoms with Gasteiger partial charge in [-0.05, 0) is 30.5 Å². The third kappa shape index (κ3) is 3.17. The lowest BCUT2D eigenvalue weighted by molar-refractivity contribution is 1.07. The van der Waals surface area contributed by atoms with Gasteiger partial charge in [0.05, 0.1) is 11.9 Å². The van der Waals surface area contributed by atoms with E-state index in [0.717, 1.165) is 33.9 Å². The maximum absolute atomic E-state index is 6.02. The van der Waals surface area contributed by atoms with Gasteiger partial charge >= 0.3 is 0 Å². The monoisotopic (exact) mass is 338 g/mol. The molecule has 0 saturated heterocycles. The first-order valence-corrected chi connectivity index (χ1v) is 8.84. The van der Waals surface area contributed by atoms with Crippen LogP contribution >= 0.6 is 34.3 Å². The second kappa shape index (κ2) is 6.25. The number of rotatable bonds is 5. The second-order valence-electron chi connectivity index (χ2n) is 4.55. The van der Waals surface area contributed by atoms with Crippen LogP contribution in [0.3, 0.4) is 0 Å². The molecule has 110 valence electrons. The summed E-state index contributed by atoms with van der Waals surface area (Å²) in [5.74, 6) is 0.786. The highest BCUT2D eigenvalue weighted by molar-refractivity contribution is 7.18. The Morgan fingerprint density at radius 2 is 1.95 bits per heavy atom. The van der Waals surface area contributed by atoms with Crippen LogP contribution in [-0.4, -0.2) is 15.0 Å². The van der Waals surface area contributed by atoms with Crippen molar-refractivity contribution in [1.29, 1.82) is 0 Å². The third-order valence-corrected chi connectivity index (χ3v) is 5.61. The molecular formula is C14H15ClN4S2. The molecule has 4 nitrogen and oxygen atoms in total. The molecule has 3 rings (SSSR count). The molecule has 7 heteroatoms. The van der Waals surface area contributed by atoms with Crippen molar-refractivity contribution in [1.82, 2.24) is 15.0 Å². The summed E-state index contributed by atoms with van der Waals surface area (Å²) in [6.07, 6.45) is 3.94. The molecule has 0 unspecified atom stereocenters. The Morgan fingerprint density at radius 3 is 2.67 bits per heavy atom. The van der Waals surface area contributed by atoms with E-state index in [1.165, 1.54) is 9.75 Å².